The molecule has 0 atom stereocenters. The maximum absolute atomic E-state index is 12.3. The van der Waals surface area contributed by atoms with Crippen molar-refractivity contribution in [2.75, 3.05) is 0 Å². The Morgan fingerprint density at radius 2 is 1.11 bits per heavy atom. The van der Waals surface area contributed by atoms with Crippen LogP contribution in [0.15, 0.2) is 55.6 Å². The lowest BCUT2D eigenvalue weighted by atomic mass is 9.99. The number of rotatable bonds is 4. The fourth-order valence-electron chi connectivity index (χ4n) is 6.59. The lowest BCUT2D eigenvalue weighted by Crippen LogP contribution is -2.19. The van der Waals surface area contributed by atoms with Crippen molar-refractivity contribution in [1.82, 2.24) is 18.7 Å². The number of aryl methyl sites for hydroxylation is 6. The number of nitrogens with zero attached hydrogens (tertiary/aromatic N) is 3. The monoisotopic (exact) mass is 608 g/mol. The summed E-state index contributed by atoms with van der Waals surface area (Å²) in [6, 6.07) is 10.6. The molecular formula is C35H36N4O6. The van der Waals surface area contributed by atoms with Gasteiger partial charge in [0.15, 0.2) is 18.2 Å². The van der Waals surface area contributed by atoms with E-state index < -0.39 is 0 Å². The highest BCUT2D eigenvalue weighted by Crippen LogP contribution is 2.39. The van der Waals surface area contributed by atoms with Crippen LogP contribution in [0.3, 0.4) is 0 Å². The van der Waals surface area contributed by atoms with Crippen molar-refractivity contribution in [2.45, 2.75) is 60.1 Å². The fourth-order valence-corrected chi connectivity index (χ4v) is 6.59. The second-order valence-electron chi connectivity index (χ2n) is 11.5. The molecule has 45 heavy (non-hydrogen) atoms. The molecule has 5 heterocycles. The molecule has 0 unspecified atom stereocenters. The van der Waals surface area contributed by atoms with Gasteiger partial charge in [0, 0.05) is 59.9 Å². The van der Waals surface area contributed by atoms with Gasteiger partial charge in [-0.2, -0.15) is 0 Å². The lowest BCUT2D eigenvalue weighted by Gasteiger charge is -2.14. The highest BCUT2D eigenvalue weighted by molar-refractivity contribution is 6.05. The molecule has 4 aromatic heterocycles. The van der Waals surface area contributed by atoms with Gasteiger partial charge in [-0.25, -0.2) is 0 Å². The van der Waals surface area contributed by atoms with Crippen LogP contribution in [0.4, 0.5) is 0 Å². The van der Waals surface area contributed by atoms with Crippen molar-refractivity contribution >= 4 is 43.6 Å². The fraction of sp³-hybridized carbons (Fsp3) is 0.314. The van der Waals surface area contributed by atoms with Gasteiger partial charge in [0.2, 0.25) is 5.56 Å². The maximum Gasteiger partial charge on any atom is 0.254 e. The van der Waals surface area contributed by atoms with Crippen LogP contribution in [0.5, 0.6) is 11.5 Å². The van der Waals surface area contributed by atoms with E-state index in [2.05, 4.69) is 11.1 Å². The highest BCUT2D eigenvalue weighted by atomic mass is 16.5. The van der Waals surface area contributed by atoms with Gasteiger partial charge in [0.05, 0.1) is 22.1 Å². The Bertz CT molecular complexity index is 2450. The van der Waals surface area contributed by atoms with Crippen molar-refractivity contribution in [3.63, 3.8) is 0 Å². The molecule has 0 bridgehead atoms. The third-order valence-electron chi connectivity index (χ3n) is 9.06. The van der Waals surface area contributed by atoms with Crippen LogP contribution in [0, 0.1) is 0 Å². The third kappa shape index (κ3) is 4.54. The minimum absolute atomic E-state index is 0.0465. The average Bonchev–Trinajstić information content (AvgIpc) is 3.48. The minimum Gasteiger partial charge on any atom is -0.504 e. The number of fused-ring (bicyclic) bond motifs is 4. The minimum atomic E-state index is -0.254. The Hall–Kier alpha value is -5.12. The summed E-state index contributed by atoms with van der Waals surface area (Å²) in [5.41, 5.74) is 5.71. The van der Waals surface area contributed by atoms with E-state index in [1.165, 1.54) is 4.57 Å². The predicted molar refractivity (Wildman–Crippen MR) is 178 cm³/mol. The molecule has 10 nitrogen and oxygen atoms in total. The highest BCUT2D eigenvalue weighted by Gasteiger charge is 2.24. The van der Waals surface area contributed by atoms with Crippen molar-refractivity contribution in [1.29, 1.82) is 0 Å². The van der Waals surface area contributed by atoms with E-state index in [1.54, 1.807) is 47.5 Å². The van der Waals surface area contributed by atoms with Crippen LogP contribution in [0.25, 0.3) is 43.6 Å². The number of phenols is 1. The van der Waals surface area contributed by atoms with Crippen LogP contribution >= 0.6 is 0 Å². The third-order valence-corrected chi connectivity index (χ3v) is 9.06. The van der Waals surface area contributed by atoms with Crippen molar-refractivity contribution in [3.05, 3.63) is 100 Å². The van der Waals surface area contributed by atoms with E-state index in [0.717, 1.165) is 67.7 Å². The Labute approximate surface area is 257 Å². The van der Waals surface area contributed by atoms with Gasteiger partial charge >= 0.3 is 0 Å². The van der Waals surface area contributed by atoms with Crippen LogP contribution < -0.4 is 27.0 Å². The summed E-state index contributed by atoms with van der Waals surface area (Å²) in [6.07, 6.45) is 2.95. The summed E-state index contributed by atoms with van der Waals surface area (Å²) in [6.45, 7) is 8.24. The number of aromatic nitrogens is 4. The molecule has 0 radical (unpaired) electrons. The normalized spacial score (nSPS) is 12.2. The number of ether oxygens (including phenoxy) is 1. The first-order valence-corrected chi connectivity index (χ1v) is 15.3. The summed E-state index contributed by atoms with van der Waals surface area (Å²) in [5, 5.41) is 14.4. The molecule has 1 aliphatic rings. The number of benzene rings is 2. The smallest absolute Gasteiger partial charge is 0.254 e. The molecule has 0 spiro atoms. The number of pyridine rings is 4. The molecule has 6 aromatic rings. The number of nitrogens with one attached hydrogen (secondary N) is 1. The first-order valence-electron chi connectivity index (χ1n) is 15.3. The number of H-pyrrole nitrogens is 1. The average molecular weight is 609 g/mol. The molecular weight excluding hydrogens is 572 g/mol. The number of phenolic OH excluding ortho intramolecular Hbond substituents is 1. The zero-order chi connectivity index (χ0) is 32.3. The van der Waals surface area contributed by atoms with Crippen LogP contribution in [0.2, 0.25) is 0 Å². The van der Waals surface area contributed by atoms with Gasteiger partial charge in [0.25, 0.3) is 16.7 Å². The van der Waals surface area contributed by atoms with E-state index in [1.807, 2.05) is 33.8 Å². The molecule has 232 valence electrons. The van der Waals surface area contributed by atoms with Crippen LogP contribution in [0.1, 0.15) is 49.9 Å². The number of hydrogen-bond acceptors (Lipinski definition) is 6. The van der Waals surface area contributed by atoms with Crippen LogP contribution in [-0.2, 0) is 46.5 Å². The summed E-state index contributed by atoms with van der Waals surface area (Å²) >= 11 is 0. The number of hydrogen-bond donors (Lipinski definition) is 2. The molecule has 0 amide bonds. The van der Waals surface area contributed by atoms with E-state index in [4.69, 9.17) is 4.74 Å². The summed E-state index contributed by atoms with van der Waals surface area (Å²) in [5.74, 6) is 0.606. The molecule has 2 aromatic carbocycles. The van der Waals surface area contributed by atoms with Crippen molar-refractivity contribution in [3.8, 4) is 11.5 Å². The molecule has 1 aliphatic heterocycles. The quantitative estimate of drug-likeness (QED) is 0.283. The Morgan fingerprint density at radius 3 is 1.69 bits per heavy atom. The summed E-state index contributed by atoms with van der Waals surface area (Å²) < 4.78 is 10.5. The topological polar surface area (TPSA) is 128 Å². The molecule has 10 heteroatoms. The van der Waals surface area contributed by atoms with E-state index in [-0.39, 0.29) is 34.7 Å². The largest absolute Gasteiger partial charge is 0.504 e. The Balaban J connectivity index is 0.000000159. The second-order valence-corrected chi connectivity index (χ2v) is 11.5. The number of aromatic amines is 1. The molecule has 0 aliphatic carbocycles. The van der Waals surface area contributed by atoms with Gasteiger partial charge in [-0.15, -0.1) is 0 Å². The second kappa shape index (κ2) is 11.1. The summed E-state index contributed by atoms with van der Waals surface area (Å²) in [7, 11) is 3.37. The van der Waals surface area contributed by atoms with E-state index >= 15 is 0 Å². The molecule has 0 saturated heterocycles. The standard InChI is InChI=1S/C18H18N2O3.C17H18N2O3/c1-4-10-6-14(21)19(3)16-12(10)8-13-11(5-2)7-15(22)20-9-23-18(16)17(13)20;1-4-9-6-13(20)18-15-11(9)8-12-10(5-2)7-14(21)19(3)16(12)17(15)22/h6-8H,4-5,9H2,1-3H3;6-8,22H,4-5H2,1-3H3,(H,18,20). The van der Waals surface area contributed by atoms with Crippen LogP contribution in [-0.4, -0.2) is 23.8 Å². The molecule has 0 saturated carbocycles. The molecule has 2 N–H and O–H groups in total. The lowest BCUT2D eigenvalue weighted by molar-refractivity contribution is 0.268. The molecule has 0 fully saturated rings. The van der Waals surface area contributed by atoms with Crippen molar-refractivity contribution < 1.29 is 9.84 Å². The van der Waals surface area contributed by atoms with Gasteiger partial charge < -0.3 is 24.0 Å². The van der Waals surface area contributed by atoms with Gasteiger partial charge in [0.1, 0.15) is 0 Å². The van der Waals surface area contributed by atoms with E-state index in [9.17, 15) is 24.3 Å². The first-order chi connectivity index (χ1) is 21.5. The van der Waals surface area contributed by atoms with Gasteiger partial charge in [-0.05, 0) is 60.1 Å². The first kappa shape index (κ1) is 29.9. The Morgan fingerprint density at radius 1 is 0.644 bits per heavy atom. The zero-order valence-corrected chi connectivity index (χ0v) is 26.3. The summed E-state index contributed by atoms with van der Waals surface area (Å²) in [4.78, 5) is 51.1. The number of aromatic hydroxyl groups is 1. The zero-order valence-electron chi connectivity index (χ0n) is 26.3. The van der Waals surface area contributed by atoms with Gasteiger partial charge in [-0.3, -0.25) is 23.7 Å². The van der Waals surface area contributed by atoms with E-state index in [0.29, 0.717) is 29.6 Å². The maximum atomic E-state index is 12.3. The predicted octanol–water partition coefficient (Wildman–Crippen LogP) is 4.54. The van der Waals surface area contributed by atoms with Gasteiger partial charge in [-0.1, -0.05) is 27.7 Å². The SMILES string of the molecule is CCc1cc(=O)[nH]c2c(O)c3c(cc12)c(CC)cc(=O)n3C.CCc1cc(=O)n(C)c2c3c4c(cc12)c(CC)cc(=O)n4CO3. The van der Waals surface area contributed by atoms with Crippen molar-refractivity contribution in [2.24, 2.45) is 14.1 Å². The Kier molecular flexibility index (Phi) is 7.39. The molecule has 7 rings (SSSR count).